The molecular formula is C22H38FNO2Si. The zero-order valence-corrected chi connectivity index (χ0v) is 19.2. The molecule has 1 aromatic rings. The lowest BCUT2D eigenvalue weighted by molar-refractivity contribution is 0.0502. The lowest BCUT2D eigenvalue weighted by Gasteiger charge is -2.46. The van der Waals surface area contributed by atoms with Crippen molar-refractivity contribution in [2.45, 2.75) is 95.6 Å². The zero-order chi connectivity index (χ0) is 20.5. The van der Waals surface area contributed by atoms with Crippen molar-refractivity contribution < 1.29 is 13.9 Å². The van der Waals surface area contributed by atoms with Crippen LogP contribution in [0.5, 0.6) is 0 Å². The topological polar surface area (TPSA) is 41.5 Å². The lowest BCUT2D eigenvalue weighted by Crippen LogP contribution is -2.56. The van der Waals surface area contributed by atoms with Gasteiger partial charge in [-0.2, -0.15) is 0 Å². The first kappa shape index (κ1) is 22.5. The quantitative estimate of drug-likeness (QED) is 0.612. The first-order valence-corrected chi connectivity index (χ1v) is 13.1. The van der Waals surface area contributed by atoms with E-state index in [0.29, 0.717) is 0 Å². The van der Waals surface area contributed by atoms with Crippen LogP contribution >= 0.6 is 0 Å². The third-order valence-electron chi connectivity index (χ3n) is 6.63. The minimum absolute atomic E-state index is 0.161. The average molecular weight is 396 g/mol. The number of hydrogen-bond donors (Lipinski definition) is 2. The number of hydrogen-bond acceptors (Lipinski definition) is 3. The molecule has 1 heterocycles. The molecule has 3 nitrogen and oxygen atoms in total. The second kappa shape index (κ2) is 7.94. The van der Waals surface area contributed by atoms with E-state index in [1.165, 1.54) is 12.1 Å². The van der Waals surface area contributed by atoms with Crippen molar-refractivity contribution in [1.82, 2.24) is 5.32 Å². The van der Waals surface area contributed by atoms with Crippen LogP contribution in [0.25, 0.3) is 0 Å². The van der Waals surface area contributed by atoms with E-state index in [0.717, 1.165) is 31.2 Å². The first-order valence-electron chi connectivity index (χ1n) is 10.2. The smallest absolute Gasteiger partial charge is 0.192 e. The fourth-order valence-corrected chi connectivity index (χ4v) is 5.75. The van der Waals surface area contributed by atoms with Crippen molar-refractivity contribution >= 4 is 8.32 Å². The molecule has 1 aromatic carbocycles. The van der Waals surface area contributed by atoms with Crippen molar-refractivity contribution in [3.63, 3.8) is 0 Å². The minimum Gasteiger partial charge on any atom is -0.410 e. The summed E-state index contributed by atoms with van der Waals surface area (Å²) in [7, 11) is -1.90. The van der Waals surface area contributed by atoms with Gasteiger partial charge in [0, 0.05) is 18.2 Å². The van der Waals surface area contributed by atoms with Gasteiger partial charge in [-0.1, -0.05) is 32.9 Å². The Kier molecular flexibility index (Phi) is 6.62. The maximum Gasteiger partial charge on any atom is 0.192 e. The summed E-state index contributed by atoms with van der Waals surface area (Å²) in [4.78, 5) is 0. The highest BCUT2D eigenvalue weighted by atomic mass is 28.4. The Labute approximate surface area is 165 Å². The van der Waals surface area contributed by atoms with Crippen molar-refractivity contribution in [3.05, 3.63) is 35.6 Å². The Balaban J connectivity index is 2.25. The van der Waals surface area contributed by atoms with Crippen LogP contribution in [0.1, 0.15) is 65.9 Å². The second-order valence-corrected chi connectivity index (χ2v) is 14.8. The van der Waals surface area contributed by atoms with Gasteiger partial charge < -0.3 is 14.8 Å². The molecule has 0 aliphatic carbocycles. The Bertz CT molecular complexity index is 624. The van der Waals surface area contributed by atoms with Crippen molar-refractivity contribution in [3.8, 4) is 0 Å². The van der Waals surface area contributed by atoms with Gasteiger partial charge in [-0.25, -0.2) is 4.39 Å². The summed E-state index contributed by atoms with van der Waals surface area (Å²) in [6.07, 6.45) is 3.53. The van der Waals surface area contributed by atoms with Gasteiger partial charge in [-0.15, -0.1) is 0 Å². The van der Waals surface area contributed by atoms with Crippen molar-refractivity contribution in [1.29, 1.82) is 0 Å². The minimum atomic E-state index is -1.90. The molecule has 154 valence electrons. The molecule has 1 aliphatic rings. The summed E-state index contributed by atoms with van der Waals surface area (Å²) < 4.78 is 20.2. The van der Waals surface area contributed by atoms with Crippen molar-refractivity contribution in [2.75, 3.05) is 6.61 Å². The van der Waals surface area contributed by atoms with Crippen LogP contribution in [0.2, 0.25) is 18.1 Å². The molecule has 5 heteroatoms. The highest BCUT2D eigenvalue weighted by molar-refractivity contribution is 6.74. The number of nitrogens with one attached hydrogen (secondary N) is 1. The predicted octanol–water partition coefficient (Wildman–Crippen LogP) is 5.35. The summed E-state index contributed by atoms with van der Waals surface area (Å²) in [5.74, 6) is -0.216. The third-order valence-corrected chi connectivity index (χ3v) is 11.3. The number of halogens is 1. The van der Waals surface area contributed by atoms with Crippen LogP contribution in [0.3, 0.4) is 0 Å². The third kappa shape index (κ3) is 5.00. The van der Waals surface area contributed by atoms with Gasteiger partial charge in [0.15, 0.2) is 8.32 Å². The van der Waals surface area contributed by atoms with Gasteiger partial charge >= 0.3 is 0 Å². The summed E-state index contributed by atoms with van der Waals surface area (Å²) in [6.45, 7) is 15.9. The summed E-state index contributed by atoms with van der Waals surface area (Å²) in [5.41, 5.74) is 0.585. The molecule has 0 amide bonds. The van der Waals surface area contributed by atoms with E-state index < -0.39 is 8.32 Å². The summed E-state index contributed by atoms with van der Waals surface area (Å²) >= 11 is 0. The number of rotatable bonds is 7. The van der Waals surface area contributed by atoms with Gasteiger partial charge in [-0.05, 0) is 75.4 Å². The molecule has 0 aromatic heterocycles. The van der Waals surface area contributed by atoms with Gasteiger partial charge in [-0.3, -0.25) is 0 Å². The molecule has 0 spiro atoms. The van der Waals surface area contributed by atoms with Crippen LogP contribution in [0, 0.1) is 5.82 Å². The van der Waals surface area contributed by atoms with E-state index in [-0.39, 0.29) is 34.6 Å². The van der Waals surface area contributed by atoms with E-state index in [1.54, 1.807) is 0 Å². The maximum absolute atomic E-state index is 13.4. The highest BCUT2D eigenvalue weighted by Crippen LogP contribution is 2.44. The maximum atomic E-state index is 13.4. The molecule has 0 saturated carbocycles. The Morgan fingerprint density at radius 3 is 2.30 bits per heavy atom. The van der Waals surface area contributed by atoms with Crippen LogP contribution in [-0.2, 0) is 9.96 Å². The van der Waals surface area contributed by atoms with E-state index in [4.69, 9.17) is 4.43 Å². The molecule has 27 heavy (non-hydrogen) atoms. The molecule has 0 radical (unpaired) electrons. The standard InChI is InChI=1S/C22H38FNO2Si/c1-20(2,3)27(6,7)26-21(4,5)19-13-15-22(24-19,14-8-16-25)17-9-11-18(23)12-10-17/h9-12,19,24-25H,8,13-16H2,1-7H3/t19-,22+/m1/s1. The Hall–Kier alpha value is -0.753. The fourth-order valence-electron chi connectivity index (χ4n) is 3.99. The monoisotopic (exact) mass is 395 g/mol. The van der Waals surface area contributed by atoms with Gasteiger partial charge in [0.05, 0.1) is 5.60 Å². The molecule has 1 aliphatic heterocycles. The normalized spacial score (nSPS) is 24.4. The summed E-state index contributed by atoms with van der Waals surface area (Å²) in [5, 5.41) is 13.4. The molecule has 1 fully saturated rings. The Morgan fingerprint density at radius 1 is 1.19 bits per heavy atom. The van der Waals surface area contributed by atoms with Gasteiger partial charge in [0.2, 0.25) is 0 Å². The van der Waals surface area contributed by atoms with E-state index in [9.17, 15) is 9.50 Å². The molecule has 1 saturated heterocycles. The average Bonchev–Trinajstić information content (AvgIpc) is 2.98. The molecule has 2 atom stereocenters. The molecule has 2 rings (SSSR count). The highest BCUT2D eigenvalue weighted by Gasteiger charge is 2.49. The van der Waals surface area contributed by atoms with Crippen LogP contribution in [0.4, 0.5) is 4.39 Å². The van der Waals surface area contributed by atoms with Crippen molar-refractivity contribution in [2.24, 2.45) is 0 Å². The second-order valence-electron chi connectivity index (χ2n) is 10.1. The largest absolute Gasteiger partial charge is 0.410 e. The SMILES string of the molecule is CC(C)(O[Si](C)(C)C(C)(C)C)[C@H]1CC[C@@](CCCO)(c2ccc(F)cc2)N1. The number of benzene rings is 1. The molecular weight excluding hydrogens is 357 g/mol. The summed E-state index contributed by atoms with van der Waals surface area (Å²) in [6, 6.07) is 7.04. The first-order chi connectivity index (χ1) is 12.3. The number of aliphatic hydroxyl groups is 1. The van der Waals surface area contributed by atoms with E-state index in [1.807, 2.05) is 12.1 Å². The predicted molar refractivity (Wildman–Crippen MR) is 113 cm³/mol. The molecule has 0 bridgehead atoms. The molecule has 2 N–H and O–H groups in total. The Morgan fingerprint density at radius 2 is 1.78 bits per heavy atom. The van der Waals surface area contributed by atoms with Gasteiger partial charge in [0.1, 0.15) is 5.82 Å². The van der Waals surface area contributed by atoms with Crippen LogP contribution in [-0.4, -0.2) is 31.7 Å². The van der Waals surface area contributed by atoms with Crippen LogP contribution < -0.4 is 5.32 Å². The van der Waals surface area contributed by atoms with E-state index in [2.05, 4.69) is 53.0 Å². The van der Waals surface area contributed by atoms with Crippen LogP contribution in [0.15, 0.2) is 24.3 Å². The zero-order valence-electron chi connectivity index (χ0n) is 18.2. The molecule has 0 unspecified atom stereocenters. The number of aliphatic hydroxyl groups excluding tert-OH is 1. The van der Waals surface area contributed by atoms with E-state index >= 15 is 0 Å². The fraction of sp³-hybridized carbons (Fsp3) is 0.727. The lowest BCUT2D eigenvalue weighted by atomic mass is 9.84. The van der Waals surface area contributed by atoms with Gasteiger partial charge in [0.25, 0.3) is 0 Å².